The summed E-state index contributed by atoms with van der Waals surface area (Å²) in [7, 11) is 1.65. The zero-order valence-electron chi connectivity index (χ0n) is 8.91. The van der Waals surface area contributed by atoms with E-state index in [-0.39, 0.29) is 11.7 Å². The lowest BCUT2D eigenvalue weighted by Crippen LogP contribution is -2.09. The topological polar surface area (TPSA) is 26.3 Å². The molecule has 1 rings (SSSR count). The molecule has 0 aromatic heterocycles. The summed E-state index contributed by atoms with van der Waals surface area (Å²) in [4.78, 5) is 11.0. The minimum atomic E-state index is 0.100. The predicted octanol–water partition coefficient (Wildman–Crippen LogP) is 2.46. The molecule has 0 aliphatic rings. The van der Waals surface area contributed by atoms with Gasteiger partial charge in [-0.2, -0.15) is 0 Å². The van der Waals surface area contributed by atoms with Crippen LogP contribution < -0.4 is 4.74 Å². The van der Waals surface area contributed by atoms with Gasteiger partial charge in [0.1, 0.15) is 11.5 Å². The van der Waals surface area contributed by atoms with Crippen molar-refractivity contribution in [1.82, 2.24) is 0 Å². The molecule has 14 heavy (non-hydrogen) atoms. The molecule has 0 saturated heterocycles. The summed E-state index contributed by atoms with van der Waals surface area (Å²) < 4.78 is 5.05. The number of hydrogen-bond donors (Lipinski definition) is 0. The molecule has 1 aromatic carbocycles. The predicted molar refractivity (Wildman–Crippen MR) is 56.5 cm³/mol. The van der Waals surface area contributed by atoms with Gasteiger partial charge in [0, 0.05) is 5.92 Å². The summed E-state index contributed by atoms with van der Waals surface area (Å²) in [5.74, 6) is 1.19. The number of carbonyl (C=O) groups is 1. The molecule has 76 valence electrons. The summed E-state index contributed by atoms with van der Waals surface area (Å²) in [6.07, 6.45) is 0.805. The number of Topliss-reactive ketones (excluding diaryl/α,β-unsaturated/α-hetero) is 1. The van der Waals surface area contributed by atoms with Crippen molar-refractivity contribution >= 4 is 5.78 Å². The zero-order valence-corrected chi connectivity index (χ0v) is 8.91. The van der Waals surface area contributed by atoms with Gasteiger partial charge in [-0.3, -0.25) is 4.79 Å². The van der Waals surface area contributed by atoms with Crippen LogP contribution in [0.4, 0.5) is 0 Å². The van der Waals surface area contributed by atoms with Crippen molar-refractivity contribution < 1.29 is 9.53 Å². The van der Waals surface area contributed by atoms with Gasteiger partial charge in [-0.05, 0) is 31.0 Å². The Kier molecular flexibility index (Phi) is 3.69. The van der Waals surface area contributed by atoms with Crippen LogP contribution in [0.15, 0.2) is 24.3 Å². The molecule has 0 bridgehead atoms. The third kappa shape index (κ3) is 2.87. The van der Waals surface area contributed by atoms with E-state index < -0.39 is 0 Å². The van der Waals surface area contributed by atoms with Gasteiger partial charge in [0.25, 0.3) is 0 Å². The second kappa shape index (κ2) is 4.80. The third-order valence-electron chi connectivity index (χ3n) is 2.39. The monoisotopic (exact) mass is 192 g/mol. The lowest BCUT2D eigenvalue weighted by molar-refractivity contribution is -0.120. The maximum Gasteiger partial charge on any atom is 0.132 e. The molecule has 2 nitrogen and oxygen atoms in total. The Morgan fingerprint density at radius 1 is 1.36 bits per heavy atom. The Morgan fingerprint density at radius 2 is 1.93 bits per heavy atom. The van der Waals surface area contributed by atoms with Gasteiger partial charge in [0.15, 0.2) is 0 Å². The van der Waals surface area contributed by atoms with E-state index in [0.29, 0.717) is 0 Å². The molecule has 2 heteroatoms. The normalized spacial score (nSPS) is 12.2. The first-order chi connectivity index (χ1) is 6.63. The second-order valence-corrected chi connectivity index (χ2v) is 3.56. The van der Waals surface area contributed by atoms with Crippen LogP contribution in [0.3, 0.4) is 0 Å². The molecule has 1 unspecified atom stereocenters. The van der Waals surface area contributed by atoms with Crippen molar-refractivity contribution in [2.45, 2.75) is 20.3 Å². The highest BCUT2D eigenvalue weighted by atomic mass is 16.5. The van der Waals surface area contributed by atoms with Crippen molar-refractivity contribution in [3.05, 3.63) is 29.8 Å². The zero-order chi connectivity index (χ0) is 10.6. The van der Waals surface area contributed by atoms with E-state index in [1.54, 1.807) is 14.0 Å². The van der Waals surface area contributed by atoms with Gasteiger partial charge in [0.2, 0.25) is 0 Å². The largest absolute Gasteiger partial charge is 0.497 e. The van der Waals surface area contributed by atoms with E-state index in [4.69, 9.17) is 4.74 Å². The molecule has 0 saturated carbocycles. The van der Waals surface area contributed by atoms with Gasteiger partial charge in [0.05, 0.1) is 7.11 Å². The molecular formula is C12H16O2. The number of carbonyl (C=O) groups excluding carboxylic acids is 1. The van der Waals surface area contributed by atoms with Crippen molar-refractivity contribution in [2.75, 3.05) is 7.11 Å². The maximum atomic E-state index is 11.0. The van der Waals surface area contributed by atoms with E-state index >= 15 is 0 Å². The highest BCUT2D eigenvalue weighted by Crippen LogP contribution is 2.14. The summed E-state index contributed by atoms with van der Waals surface area (Å²) in [6, 6.07) is 7.83. The Morgan fingerprint density at radius 3 is 2.36 bits per heavy atom. The van der Waals surface area contributed by atoms with E-state index in [2.05, 4.69) is 0 Å². The van der Waals surface area contributed by atoms with Crippen LogP contribution in [0, 0.1) is 5.92 Å². The van der Waals surface area contributed by atoms with Crippen molar-refractivity contribution in [3.8, 4) is 5.75 Å². The molecule has 0 N–H and O–H groups in total. The Bertz CT molecular complexity index is 301. The number of methoxy groups -OCH3 is 1. The SMILES string of the molecule is COc1ccc(CC(C)C(C)=O)cc1. The fourth-order valence-electron chi connectivity index (χ4n) is 1.26. The highest BCUT2D eigenvalue weighted by molar-refractivity contribution is 5.78. The number of ketones is 1. The molecule has 0 aliphatic heterocycles. The van der Waals surface area contributed by atoms with E-state index in [1.165, 1.54) is 5.56 Å². The second-order valence-electron chi connectivity index (χ2n) is 3.56. The van der Waals surface area contributed by atoms with E-state index in [1.807, 2.05) is 31.2 Å². The van der Waals surface area contributed by atoms with Crippen LogP contribution in [0.2, 0.25) is 0 Å². The molecule has 0 amide bonds. The first-order valence-corrected chi connectivity index (χ1v) is 4.77. The minimum Gasteiger partial charge on any atom is -0.497 e. The average molecular weight is 192 g/mol. The van der Waals surface area contributed by atoms with Gasteiger partial charge < -0.3 is 4.74 Å². The van der Waals surface area contributed by atoms with Crippen LogP contribution in [0.25, 0.3) is 0 Å². The van der Waals surface area contributed by atoms with Gasteiger partial charge in [-0.1, -0.05) is 19.1 Å². The summed E-state index contributed by atoms with van der Waals surface area (Å²) in [6.45, 7) is 3.58. The van der Waals surface area contributed by atoms with Crippen LogP contribution in [0.1, 0.15) is 19.4 Å². The van der Waals surface area contributed by atoms with E-state index in [9.17, 15) is 4.79 Å². The smallest absolute Gasteiger partial charge is 0.132 e. The van der Waals surface area contributed by atoms with Gasteiger partial charge in [-0.15, -0.1) is 0 Å². The molecular weight excluding hydrogens is 176 g/mol. The van der Waals surface area contributed by atoms with Crippen molar-refractivity contribution in [1.29, 1.82) is 0 Å². The molecule has 1 aromatic rings. The van der Waals surface area contributed by atoms with Gasteiger partial charge >= 0.3 is 0 Å². The standard InChI is InChI=1S/C12H16O2/c1-9(10(2)13)8-11-4-6-12(14-3)7-5-11/h4-7,9H,8H2,1-3H3. The first-order valence-electron chi connectivity index (χ1n) is 4.77. The summed E-state index contributed by atoms with van der Waals surface area (Å²) >= 11 is 0. The quantitative estimate of drug-likeness (QED) is 0.732. The summed E-state index contributed by atoms with van der Waals surface area (Å²) in [5.41, 5.74) is 1.17. The Labute approximate surface area is 84.9 Å². The lowest BCUT2D eigenvalue weighted by Gasteiger charge is -2.07. The molecule has 0 aliphatic carbocycles. The fraction of sp³-hybridized carbons (Fsp3) is 0.417. The Balaban J connectivity index is 2.64. The van der Waals surface area contributed by atoms with Crippen LogP contribution in [0.5, 0.6) is 5.75 Å². The van der Waals surface area contributed by atoms with Crippen LogP contribution in [-0.4, -0.2) is 12.9 Å². The summed E-state index contributed by atoms with van der Waals surface area (Å²) in [5, 5.41) is 0. The average Bonchev–Trinajstić information content (AvgIpc) is 2.19. The van der Waals surface area contributed by atoms with Crippen molar-refractivity contribution in [2.24, 2.45) is 5.92 Å². The number of hydrogen-bond acceptors (Lipinski definition) is 2. The lowest BCUT2D eigenvalue weighted by atomic mass is 9.98. The molecule has 0 radical (unpaired) electrons. The number of rotatable bonds is 4. The molecule has 0 spiro atoms. The Hall–Kier alpha value is -1.31. The maximum absolute atomic E-state index is 11.0. The molecule has 0 heterocycles. The van der Waals surface area contributed by atoms with Crippen LogP contribution in [-0.2, 0) is 11.2 Å². The minimum absolute atomic E-state index is 0.100. The third-order valence-corrected chi connectivity index (χ3v) is 2.39. The number of ether oxygens (including phenoxy) is 1. The molecule has 1 atom stereocenters. The van der Waals surface area contributed by atoms with Gasteiger partial charge in [-0.25, -0.2) is 0 Å². The number of benzene rings is 1. The van der Waals surface area contributed by atoms with Crippen LogP contribution >= 0.6 is 0 Å². The van der Waals surface area contributed by atoms with E-state index in [0.717, 1.165) is 12.2 Å². The first kappa shape index (κ1) is 10.8. The highest BCUT2D eigenvalue weighted by Gasteiger charge is 2.07. The molecule has 0 fully saturated rings. The fourth-order valence-corrected chi connectivity index (χ4v) is 1.26. The van der Waals surface area contributed by atoms with Crippen molar-refractivity contribution in [3.63, 3.8) is 0 Å².